The molecule has 0 bridgehead atoms. The first-order valence-corrected chi connectivity index (χ1v) is 7.14. The first-order valence-electron chi connectivity index (χ1n) is 5.28. The number of nitrogens with one attached hydrogen (secondary N) is 1. The van der Waals surface area contributed by atoms with Crippen molar-refractivity contribution < 1.29 is 17.3 Å². The number of halogens is 2. The van der Waals surface area contributed by atoms with Crippen LogP contribution in [0.4, 0.5) is 4.39 Å². The number of hydrogen-bond acceptors (Lipinski definition) is 4. The summed E-state index contributed by atoms with van der Waals surface area (Å²) < 4.78 is 44.3. The fourth-order valence-corrected chi connectivity index (χ4v) is 3.21. The first kappa shape index (κ1) is 14.0. The lowest BCUT2D eigenvalue weighted by molar-refractivity contribution is 0.404. The number of rotatable bonds is 4. The zero-order valence-corrected chi connectivity index (χ0v) is 11.4. The van der Waals surface area contributed by atoms with Crippen LogP contribution < -0.4 is 4.72 Å². The second-order valence-corrected chi connectivity index (χ2v) is 5.93. The standard InChI is InChI=1S/C11H10ClFN2O3S/c1-7(10-4-5-18-14-10)15-19(16,17)11-6-8(13)2-3-9(11)12/h2-7,15H,1H3/t7-/m1/s1. The van der Waals surface area contributed by atoms with Crippen LogP contribution in [-0.4, -0.2) is 13.6 Å². The van der Waals surface area contributed by atoms with Gasteiger partial charge in [-0.2, -0.15) is 0 Å². The summed E-state index contributed by atoms with van der Waals surface area (Å²) in [6, 6.07) is 4.04. The van der Waals surface area contributed by atoms with Gasteiger partial charge < -0.3 is 4.52 Å². The fourth-order valence-electron chi connectivity index (χ4n) is 1.48. The number of aromatic nitrogens is 1. The first-order chi connectivity index (χ1) is 8.90. The molecule has 0 radical (unpaired) electrons. The van der Waals surface area contributed by atoms with Gasteiger partial charge in [-0.05, 0) is 25.1 Å². The highest BCUT2D eigenvalue weighted by atomic mass is 35.5. The molecule has 0 spiro atoms. The Bertz CT molecular complexity index is 673. The monoisotopic (exact) mass is 304 g/mol. The molecule has 5 nitrogen and oxygen atoms in total. The Balaban J connectivity index is 2.30. The van der Waals surface area contributed by atoms with Crippen LogP contribution in [-0.2, 0) is 10.0 Å². The van der Waals surface area contributed by atoms with E-state index in [1.807, 2.05) is 0 Å². The van der Waals surface area contributed by atoms with Crippen molar-refractivity contribution in [1.82, 2.24) is 9.88 Å². The van der Waals surface area contributed by atoms with Crippen LogP contribution in [0, 0.1) is 5.82 Å². The lowest BCUT2D eigenvalue weighted by Gasteiger charge is -2.12. The van der Waals surface area contributed by atoms with Crippen molar-refractivity contribution in [3.05, 3.63) is 47.1 Å². The summed E-state index contributed by atoms with van der Waals surface area (Å²) in [7, 11) is -3.94. The Morgan fingerprint density at radius 3 is 2.79 bits per heavy atom. The third kappa shape index (κ3) is 3.12. The Morgan fingerprint density at radius 1 is 1.42 bits per heavy atom. The molecule has 1 N–H and O–H groups in total. The molecule has 1 heterocycles. The highest BCUT2D eigenvalue weighted by Gasteiger charge is 2.22. The molecule has 1 aromatic carbocycles. The quantitative estimate of drug-likeness (QED) is 0.942. The van der Waals surface area contributed by atoms with E-state index >= 15 is 0 Å². The maximum Gasteiger partial charge on any atom is 0.242 e. The van der Waals surface area contributed by atoms with Gasteiger partial charge in [0.15, 0.2) is 0 Å². The van der Waals surface area contributed by atoms with E-state index in [0.29, 0.717) is 5.69 Å². The lowest BCUT2D eigenvalue weighted by atomic mass is 10.3. The predicted octanol–water partition coefficient (Wildman–Crippen LogP) is 2.51. The molecule has 0 saturated carbocycles. The highest BCUT2D eigenvalue weighted by molar-refractivity contribution is 7.89. The van der Waals surface area contributed by atoms with Crippen molar-refractivity contribution in [3.8, 4) is 0 Å². The molecule has 0 amide bonds. The van der Waals surface area contributed by atoms with Crippen molar-refractivity contribution in [1.29, 1.82) is 0 Å². The van der Waals surface area contributed by atoms with E-state index in [-0.39, 0.29) is 9.92 Å². The SMILES string of the molecule is C[C@@H](NS(=O)(=O)c1cc(F)ccc1Cl)c1ccon1. The highest BCUT2D eigenvalue weighted by Crippen LogP contribution is 2.23. The third-order valence-electron chi connectivity index (χ3n) is 2.42. The minimum absolute atomic E-state index is 0.0544. The van der Waals surface area contributed by atoms with Gasteiger partial charge in [0.05, 0.1) is 11.1 Å². The van der Waals surface area contributed by atoms with E-state index in [4.69, 9.17) is 11.6 Å². The van der Waals surface area contributed by atoms with Gasteiger partial charge in [0.25, 0.3) is 0 Å². The van der Waals surface area contributed by atoms with Crippen LogP contribution >= 0.6 is 11.6 Å². The maximum absolute atomic E-state index is 13.1. The smallest absolute Gasteiger partial charge is 0.242 e. The molecule has 0 aliphatic heterocycles. The lowest BCUT2D eigenvalue weighted by Crippen LogP contribution is -2.27. The number of sulfonamides is 1. The van der Waals surface area contributed by atoms with Crippen LogP contribution in [0.5, 0.6) is 0 Å². The van der Waals surface area contributed by atoms with E-state index in [1.165, 1.54) is 18.4 Å². The molecule has 19 heavy (non-hydrogen) atoms. The summed E-state index contributed by atoms with van der Waals surface area (Å²) in [4.78, 5) is -0.315. The summed E-state index contributed by atoms with van der Waals surface area (Å²) in [6.07, 6.45) is 1.33. The number of hydrogen-bond donors (Lipinski definition) is 1. The van der Waals surface area contributed by atoms with Gasteiger partial charge in [-0.3, -0.25) is 0 Å². The normalized spacial score (nSPS) is 13.4. The second-order valence-electron chi connectivity index (χ2n) is 3.84. The maximum atomic E-state index is 13.1. The van der Waals surface area contributed by atoms with E-state index in [2.05, 4.69) is 14.4 Å². The zero-order valence-electron chi connectivity index (χ0n) is 9.80. The topological polar surface area (TPSA) is 72.2 Å². The van der Waals surface area contributed by atoms with Crippen LogP contribution in [0.2, 0.25) is 5.02 Å². The minimum atomic E-state index is -3.94. The van der Waals surface area contributed by atoms with Crippen molar-refractivity contribution in [3.63, 3.8) is 0 Å². The molecular weight excluding hydrogens is 295 g/mol. The summed E-state index contributed by atoms with van der Waals surface area (Å²) in [5.41, 5.74) is 0.413. The largest absolute Gasteiger partial charge is 0.364 e. The van der Waals surface area contributed by atoms with Crippen molar-refractivity contribution in [2.75, 3.05) is 0 Å². The zero-order chi connectivity index (χ0) is 14.0. The minimum Gasteiger partial charge on any atom is -0.364 e. The molecule has 0 fully saturated rings. The van der Waals surface area contributed by atoms with Gasteiger partial charge >= 0.3 is 0 Å². The van der Waals surface area contributed by atoms with Crippen LogP contribution in [0.3, 0.4) is 0 Å². The van der Waals surface area contributed by atoms with E-state index in [0.717, 1.165) is 12.1 Å². The molecule has 0 unspecified atom stereocenters. The molecule has 8 heteroatoms. The van der Waals surface area contributed by atoms with E-state index in [1.54, 1.807) is 6.92 Å². The Morgan fingerprint density at radius 2 is 2.16 bits per heavy atom. The van der Waals surface area contributed by atoms with Gasteiger partial charge in [-0.1, -0.05) is 16.8 Å². The van der Waals surface area contributed by atoms with E-state index < -0.39 is 21.9 Å². The summed E-state index contributed by atoms with van der Waals surface area (Å²) >= 11 is 5.77. The Hall–Kier alpha value is -1.44. The van der Waals surface area contributed by atoms with Gasteiger partial charge in [0.1, 0.15) is 22.7 Å². The van der Waals surface area contributed by atoms with Gasteiger partial charge in [0, 0.05) is 6.07 Å². The summed E-state index contributed by atoms with van der Waals surface area (Å²) in [5.74, 6) is -0.682. The summed E-state index contributed by atoms with van der Waals surface area (Å²) in [6.45, 7) is 1.59. The third-order valence-corrected chi connectivity index (χ3v) is 4.44. The molecule has 0 saturated heterocycles. The molecule has 0 aliphatic carbocycles. The van der Waals surface area contributed by atoms with Crippen molar-refractivity contribution in [2.24, 2.45) is 0 Å². The molecule has 1 aromatic heterocycles. The summed E-state index contributed by atoms with van der Waals surface area (Å²) in [5, 5.41) is 3.57. The van der Waals surface area contributed by atoms with Gasteiger partial charge in [0.2, 0.25) is 10.0 Å². The van der Waals surface area contributed by atoms with Crippen molar-refractivity contribution in [2.45, 2.75) is 17.9 Å². The van der Waals surface area contributed by atoms with Crippen LogP contribution in [0.1, 0.15) is 18.7 Å². The molecule has 1 atom stereocenters. The van der Waals surface area contributed by atoms with Gasteiger partial charge in [-0.25, -0.2) is 17.5 Å². The van der Waals surface area contributed by atoms with E-state index in [9.17, 15) is 12.8 Å². The molecule has 102 valence electrons. The predicted molar refractivity (Wildman–Crippen MR) is 66.6 cm³/mol. The second kappa shape index (κ2) is 5.28. The Kier molecular flexibility index (Phi) is 3.88. The molecule has 0 aliphatic rings. The molecule has 2 aromatic rings. The average molecular weight is 305 g/mol. The van der Waals surface area contributed by atoms with Crippen molar-refractivity contribution >= 4 is 21.6 Å². The molecular formula is C11H10ClFN2O3S. The number of benzene rings is 1. The molecule has 2 rings (SSSR count). The Labute approximate surface area is 114 Å². The average Bonchev–Trinajstić information content (AvgIpc) is 2.85. The van der Waals surface area contributed by atoms with Crippen LogP contribution in [0.25, 0.3) is 0 Å². The van der Waals surface area contributed by atoms with Gasteiger partial charge in [-0.15, -0.1) is 0 Å². The number of nitrogens with zero attached hydrogens (tertiary/aromatic N) is 1. The fraction of sp³-hybridized carbons (Fsp3) is 0.182. The van der Waals surface area contributed by atoms with Crippen LogP contribution in [0.15, 0.2) is 39.9 Å².